The Hall–Kier alpha value is -0.600. The van der Waals surface area contributed by atoms with Crippen LogP contribution in [0.4, 0.5) is 4.39 Å². The van der Waals surface area contributed by atoms with E-state index in [1.807, 2.05) is 0 Å². The maximum absolute atomic E-state index is 12.5. The summed E-state index contributed by atoms with van der Waals surface area (Å²) in [4.78, 5) is 0. The van der Waals surface area contributed by atoms with E-state index in [1.54, 1.807) is 6.07 Å². The Kier molecular flexibility index (Phi) is 2.85. The molecule has 1 rings (SSSR count). The summed E-state index contributed by atoms with van der Waals surface area (Å²) < 4.78 is 12.5. The zero-order valence-electron chi connectivity index (χ0n) is 5.85. The number of rotatable bonds is 2. The topological polar surface area (TPSA) is 20.2 Å². The SMILES string of the molecule is OCCc1ccc(F)c(Cl)c1. The molecular formula is C8H8ClFO. The van der Waals surface area contributed by atoms with E-state index >= 15 is 0 Å². The fraction of sp³-hybridized carbons (Fsp3) is 0.250. The Bertz CT molecular complexity index is 250. The molecule has 0 aromatic heterocycles. The van der Waals surface area contributed by atoms with Gasteiger partial charge in [-0.2, -0.15) is 0 Å². The van der Waals surface area contributed by atoms with Gasteiger partial charge in [0, 0.05) is 6.61 Å². The first-order valence-electron chi connectivity index (χ1n) is 3.29. The maximum Gasteiger partial charge on any atom is 0.141 e. The maximum atomic E-state index is 12.5. The molecule has 0 unspecified atom stereocenters. The smallest absolute Gasteiger partial charge is 0.141 e. The van der Waals surface area contributed by atoms with Gasteiger partial charge in [0.1, 0.15) is 5.82 Å². The summed E-state index contributed by atoms with van der Waals surface area (Å²) >= 11 is 5.49. The number of hydrogen-bond donors (Lipinski definition) is 1. The molecule has 0 spiro atoms. The fourth-order valence-corrected chi connectivity index (χ4v) is 1.03. The number of aliphatic hydroxyl groups is 1. The quantitative estimate of drug-likeness (QED) is 0.728. The summed E-state index contributed by atoms with van der Waals surface area (Å²) in [6, 6.07) is 4.43. The average Bonchev–Trinajstić information content (AvgIpc) is 1.98. The highest BCUT2D eigenvalue weighted by Gasteiger charge is 1.99. The van der Waals surface area contributed by atoms with Crippen LogP contribution in [-0.2, 0) is 6.42 Å². The second-order valence-electron chi connectivity index (χ2n) is 2.22. The molecular weight excluding hydrogens is 167 g/mol. The third-order valence-corrected chi connectivity index (χ3v) is 1.67. The third kappa shape index (κ3) is 2.17. The van der Waals surface area contributed by atoms with E-state index in [-0.39, 0.29) is 11.6 Å². The molecule has 60 valence electrons. The fourth-order valence-electron chi connectivity index (χ4n) is 0.824. The van der Waals surface area contributed by atoms with E-state index in [1.165, 1.54) is 12.1 Å². The van der Waals surface area contributed by atoms with Gasteiger partial charge in [-0.25, -0.2) is 4.39 Å². The lowest BCUT2D eigenvalue weighted by molar-refractivity contribution is 0.299. The zero-order chi connectivity index (χ0) is 8.27. The molecule has 0 fully saturated rings. The normalized spacial score (nSPS) is 10.1. The predicted molar refractivity (Wildman–Crippen MR) is 42.2 cm³/mol. The first kappa shape index (κ1) is 8.50. The number of halogens is 2. The van der Waals surface area contributed by atoms with E-state index in [9.17, 15) is 4.39 Å². The van der Waals surface area contributed by atoms with Gasteiger partial charge in [-0.15, -0.1) is 0 Å². The number of benzene rings is 1. The second-order valence-corrected chi connectivity index (χ2v) is 2.63. The lowest BCUT2D eigenvalue weighted by atomic mass is 10.2. The molecule has 0 bridgehead atoms. The molecule has 3 heteroatoms. The minimum Gasteiger partial charge on any atom is -0.396 e. The summed E-state index contributed by atoms with van der Waals surface area (Å²) in [6.07, 6.45) is 0.514. The van der Waals surface area contributed by atoms with Crippen molar-refractivity contribution in [1.29, 1.82) is 0 Å². The Morgan fingerprint density at radius 3 is 2.73 bits per heavy atom. The standard InChI is InChI=1S/C8H8ClFO/c9-7-5-6(3-4-11)1-2-8(7)10/h1-2,5,11H,3-4H2. The summed E-state index contributed by atoms with van der Waals surface area (Å²) in [6.45, 7) is 0.0575. The molecule has 11 heavy (non-hydrogen) atoms. The summed E-state index contributed by atoms with van der Waals surface area (Å²) in [5.41, 5.74) is 0.846. The lowest BCUT2D eigenvalue weighted by Gasteiger charge is -1.98. The van der Waals surface area contributed by atoms with Crippen molar-refractivity contribution < 1.29 is 9.50 Å². The van der Waals surface area contributed by atoms with Crippen molar-refractivity contribution in [3.8, 4) is 0 Å². The van der Waals surface area contributed by atoms with Crippen molar-refractivity contribution in [3.63, 3.8) is 0 Å². The predicted octanol–water partition coefficient (Wildman–Crippen LogP) is 2.01. The molecule has 0 radical (unpaired) electrons. The molecule has 0 atom stereocenters. The van der Waals surface area contributed by atoms with Gasteiger partial charge in [-0.3, -0.25) is 0 Å². The molecule has 1 aromatic rings. The van der Waals surface area contributed by atoms with E-state index in [2.05, 4.69) is 0 Å². The largest absolute Gasteiger partial charge is 0.396 e. The van der Waals surface area contributed by atoms with Crippen LogP contribution in [0, 0.1) is 5.82 Å². The molecule has 1 aromatic carbocycles. The van der Waals surface area contributed by atoms with Crippen molar-refractivity contribution in [3.05, 3.63) is 34.6 Å². The third-order valence-electron chi connectivity index (χ3n) is 1.38. The van der Waals surface area contributed by atoms with Crippen LogP contribution < -0.4 is 0 Å². The first-order valence-corrected chi connectivity index (χ1v) is 3.66. The van der Waals surface area contributed by atoms with Gasteiger partial charge < -0.3 is 5.11 Å². The Morgan fingerprint density at radius 2 is 2.18 bits per heavy atom. The van der Waals surface area contributed by atoms with Gasteiger partial charge in [0.25, 0.3) is 0 Å². The number of hydrogen-bond acceptors (Lipinski definition) is 1. The number of aliphatic hydroxyl groups excluding tert-OH is 1. The molecule has 0 aliphatic carbocycles. The van der Waals surface area contributed by atoms with E-state index in [4.69, 9.17) is 16.7 Å². The Balaban J connectivity index is 2.86. The van der Waals surface area contributed by atoms with Gasteiger partial charge in [-0.05, 0) is 24.1 Å². The first-order chi connectivity index (χ1) is 5.24. The van der Waals surface area contributed by atoms with Gasteiger partial charge in [0.05, 0.1) is 5.02 Å². The summed E-state index contributed by atoms with van der Waals surface area (Å²) in [5, 5.41) is 8.65. The Morgan fingerprint density at radius 1 is 1.45 bits per heavy atom. The molecule has 1 N–H and O–H groups in total. The highest BCUT2D eigenvalue weighted by molar-refractivity contribution is 6.30. The van der Waals surface area contributed by atoms with Gasteiger partial charge in [-0.1, -0.05) is 17.7 Å². The van der Waals surface area contributed by atoms with Crippen LogP contribution in [0.2, 0.25) is 5.02 Å². The molecule has 0 aliphatic heterocycles. The van der Waals surface area contributed by atoms with E-state index in [0.717, 1.165) is 5.56 Å². The summed E-state index contributed by atoms with van der Waals surface area (Å²) in [7, 11) is 0. The van der Waals surface area contributed by atoms with Crippen molar-refractivity contribution >= 4 is 11.6 Å². The van der Waals surface area contributed by atoms with Crippen molar-refractivity contribution in [2.45, 2.75) is 6.42 Å². The summed E-state index contributed by atoms with van der Waals surface area (Å²) in [5.74, 6) is -0.423. The minimum absolute atomic E-state index is 0.0575. The van der Waals surface area contributed by atoms with E-state index in [0.29, 0.717) is 6.42 Å². The van der Waals surface area contributed by atoms with Crippen molar-refractivity contribution in [2.24, 2.45) is 0 Å². The second kappa shape index (κ2) is 3.69. The van der Waals surface area contributed by atoms with Crippen molar-refractivity contribution in [2.75, 3.05) is 6.61 Å². The van der Waals surface area contributed by atoms with Crippen LogP contribution in [-0.4, -0.2) is 11.7 Å². The van der Waals surface area contributed by atoms with Gasteiger partial charge >= 0.3 is 0 Å². The molecule has 1 nitrogen and oxygen atoms in total. The highest BCUT2D eigenvalue weighted by Crippen LogP contribution is 2.15. The highest BCUT2D eigenvalue weighted by atomic mass is 35.5. The molecule has 0 heterocycles. The zero-order valence-corrected chi connectivity index (χ0v) is 6.61. The van der Waals surface area contributed by atoms with Crippen LogP contribution >= 0.6 is 11.6 Å². The van der Waals surface area contributed by atoms with Crippen LogP contribution in [0.3, 0.4) is 0 Å². The van der Waals surface area contributed by atoms with Gasteiger partial charge in [0.15, 0.2) is 0 Å². The van der Waals surface area contributed by atoms with E-state index < -0.39 is 5.82 Å². The molecule has 0 aliphatic rings. The monoisotopic (exact) mass is 174 g/mol. The lowest BCUT2D eigenvalue weighted by Crippen LogP contribution is -1.90. The van der Waals surface area contributed by atoms with Crippen LogP contribution in [0.5, 0.6) is 0 Å². The molecule has 0 saturated carbocycles. The average molecular weight is 175 g/mol. The van der Waals surface area contributed by atoms with Crippen LogP contribution in [0.25, 0.3) is 0 Å². The molecule has 0 amide bonds. The van der Waals surface area contributed by atoms with Crippen LogP contribution in [0.1, 0.15) is 5.56 Å². The van der Waals surface area contributed by atoms with Crippen molar-refractivity contribution in [1.82, 2.24) is 0 Å². The minimum atomic E-state index is -0.423. The van der Waals surface area contributed by atoms with Gasteiger partial charge in [0.2, 0.25) is 0 Å². The Labute approximate surface area is 69.4 Å². The van der Waals surface area contributed by atoms with Crippen LogP contribution in [0.15, 0.2) is 18.2 Å². The molecule has 0 saturated heterocycles.